The highest BCUT2D eigenvalue weighted by Crippen LogP contribution is 2.25. The summed E-state index contributed by atoms with van der Waals surface area (Å²) in [7, 11) is 0. The summed E-state index contributed by atoms with van der Waals surface area (Å²) in [4.78, 5) is 49.0. The first-order chi connectivity index (χ1) is 12.0. The Kier molecular flexibility index (Phi) is 4.69. The van der Waals surface area contributed by atoms with Gasteiger partial charge in [-0.1, -0.05) is 18.2 Å². The molecule has 8 nitrogen and oxygen atoms in total. The van der Waals surface area contributed by atoms with Gasteiger partial charge in [0.2, 0.25) is 5.91 Å². The van der Waals surface area contributed by atoms with E-state index < -0.39 is 29.9 Å². The number of carbonyl (C=O) groups is 4. The van der Waals surface area contributed by atoms with E-state index in [4.69, 9.17) is 0 Å². The average Bonchev–Trinajstić information content (AvgIpc) is 2.74. The third-order valence-corrected chi connectivity index (χ3v) is 4.49. The fraction of sp³-hybridized carbons (Fsp3) is 0.412. The molecule has 0 radical (unpaired) electrons. The van der Waals surface area contributed by atoms with Gasteiger partial charge in [-0.3, -0.25) is 19.4 Å². The van der Waals surface area contributed by atoms with Gasteiger partial charge in [0.15, 0.2) is 6.04 Å². The predicted molar refractivity (Wildman–Crippen MR) is 86.1 cm³/mol. The number of amides is 3. The van der Waals surface area contributed by atoms with Crippen molar-refractivity contribution >= 4 is 23.7 Å². The second-order valence-electron chi connectivity index (χ2n) is 6.13. The predicted octanol–water partition coefficient (Wildman–Crippen LogP) is 0.398. The quantitative estimate of drug-likeness (QED) is 0.824. The highest BCUT2D eigenvalue weighted by atomic mass is 16.4. The number of hydrazine groups is 1. The van der Waals surface area contributed by atoms with Gasteiger partial charge in [0.1, 0.15) is 6.04 Å². The van der Waals surface area contributed by atoms with E-state index in [1.807, 2.05) is 0 Å². The van der Waals surface area contributed by atoms with E-state index in [1.165, 1.54) is 5.01 Å². The Morgan fingerprint density at radius 2 is 1.84 bits per heavy atom. The molecule has 0 saturated carbocycles. The summed E-state index contributed by atoms with van der Waals surface area (Å²) < 4.78 is 0. The smallest absolute Gasteiger partial charge is 0.328 e. The molecule has 3 amide bonds. The molecule has 1 aromatic rings. The molecule has 0 spiro atoms. The largest absolute Gasteiger partial charge is 0.480 e. The van der Waals surface area contributed by atoms with Crippen LogP contribution in [0, 0.1) is 0 Å². The minimum atomic E-state index is -1.15. The molecular formula is C17H19N3O5. The van der Waals surface area contributed by atoms with Crippen molar-refractivity contribution in [1.29, 1.82) is 0 Å². The second kappa shape index (κ2) is 6.92. The zero-order valence-corrected chi connectivity index (χ0v) is 13.6. The third-order valence-electron chi connectivity index (χ3n) is 4.49. The van der Waals surface area contributed by atoms with Gasteiger partial charge in [0.05, 0.1) is 0 Å². The molecule has 2 saturated heterocycles. The molecule has 0 bridgehead atoms. The number of benzene rings is 1. The number of carbonyl (C=O) groups excluding carboxylic acids is 3. The molecular weight excluding hydrogens is 326 g/mol. The van der Waals surface area contributed by atoms with Crippen LogP contribution in [-0.4, -0.2) is 57.4 Å². The lowest BCUT2D eigenvalue weighted by Gasteiger charge is -2.41. The minimum Gasteiger partial charge on any atom is -0.480 e. The first-order valence-electron chi connectivity index (χ1n) is 8.21. The Hall–Kier alpha value is -2.90. The molecule has 0 aliphatic carbocycles. The van der Waals surface area contributed by atoms with Crippen molar-refractivity contribution in [3.8, 4) is 0 Å². The maximum atomic E-state index is 12.9. The van der Waals surface area contributed by atoms with Crippen LogP contribution in [-0.2, 0) is 14.4 Å². The van der Waals surface area contributed by atoms with Gasteiger partial charge in [0, 0.05) is 18.5 Å². The van der Waals surface area contributed by atoms with E-state index in [1.54, 1.807) is 30.3 Å². The molecule has 0 aromatic heterocycles. The Morgan fingerprint density at radius 1 is 1.12 bits per heavy atom. The Morgan fingerprint density at radius 3 is 2.52 bits per heavy atom. The number of aliphatic carboxylic acids is 1. The van der Waals surface area contributed by atoms with Crippen LogP contribution in [0.3, 0.4) is 0 Å². The van der Waals surface area contributed by atoms with Crippen molar-refractivity contribution in [3.63, 3.8) is 0 Å². The molecule has 2 aliphatic rings. The molecule has 1 aromatic carbocycles. The van der Waals surface area contributed by atoms with E-state index in [0.717, 1.165) is 5.01 Å². The summed E-state index contributed by atoms with van der Waals surface area (Å²) >= 11 is 0. The number of hydrogen-bond donors (Lipinski definition) is 2. The number of hydrogen-bond acceptors (Lipinski definition) is 4. The van der Waals surface area contributed by atoms with Gasteiger partial charge in [-0.15, -0.1) is 0 Å². The van der Waals surface area contributed by atoms with Gasteiger partial charge in [-0.25, -0.2) is 9.80 Å². The highest BCUT2D eigenvalue weighted by Gasteiger charge is 2.44. The summed E-state index contributed by atoms with van der Waals surface area (Å²) in [5.41, 5.74) is 0.399. The van der Waals surface area contributed by atoms with E-state index in [0.29, 0.717) is 18.5 Å². The first kappa shape index (κ1) is 16.9. The Balaban J connectivity index is 1.83. The molecule has 2 aliphatic heterocycles. The number of nitrogens with zero attached hydrogens (tertiary/aromatic N) is 2. The SMILES string of the molecule is O=C(N[C@H]1CCC(=O)N2CCC[C@@H](C(=O)O)N2C1=O)c1ccccc1. The molecule has 2 atom stereocenters. The minimum absolute atomic E-state index is 0.0777. The maximum Gasteiger partial charge on any atom is 0.328 e. The van der Waals surface area contributed by atoms with Crippen LogP contribution < -0.4 is 5.32 Å². The van der Waals surface area contributed by atoms with Crippen LogP contribution in [0.1, 0.15) is 36.0 Å². The van der Waals surface area contributed by atoms with Crippen LogP contribution in [0.4, 0.5) is 0 Å². The first-order valence-corrected chi connectivity index (χ1v) is 8.21. The van der Waals surface area contributed by atoms with Gasteiger partial charge in [-0.05, 0) is 31.4 Å². The standard InChI is InChI=1S/C17H19N3O5/c21-14-9-8-12(18-15(22)11-5-2-1-3-6-11)16(23)20-13(17(24)25)7-4-10-19(14)20/h1-3,5-6,12-13H,4,7-10H2,(H,18,22)(H,24,25)/t12-,13-/m0/s1. The van der Waals surface area contributed by atoms with Gasteiger partial charge in [0.25, 0.3) is 11.8 Å². The number of fused-ring (bicyclic) bond motifs is 1. The highest BCUT2D eigenvalue weighted by molar-refractivity contribution is 5.99. The van der Waals surface area contributed by atoms with Crippen LogP contribution in [0.5, 0.6) is 0 Å². The van der Waals surface area contributed by atoms with Crippen LogP contribution in [0.25, 0.3) is 0 Å². The lowest BCUT2D eigenvalue weighted by atomic mass is 10.1. The third kappa shape index (κ3) is 3.33. The molecule has 0 unspecified atom stereocenters. The van der Waals surface area contributed by atoms with E-state index >= 15 is 0 Å². The fourth-order valence-electron chi connectivity index (χ4n) is 3.22. The number of rotatable bonds is 3. The van der Waals surface area contributed by atoms with Crippen molar-refractivity contribution in [2.24, 2.45) is 0 Å². The summed E-state index contributed by atoms with van der Waals surface area (Å²) in [6.07, 6.45) is 1.03. The molecule has 3 rings (SSSR count). The van der Waals surface area contributed by atoms with Crippen molar-refractivity contribution in [1.82, 2.24) is 15.3 Å². The van der Waals surface area contributed by atoms with Crippen LogP contribution in [0.2, 0.25) is 0 Å². The lowest BCUT2D eigenvalue weighted by molar-refractivity contribution is -0.180. The van der Waals surface area contributed by atoms with Gasteiger partial charge < -0.3 is 10.4 Å². The van der Waals surface area contributed by atoms with Crippen molar-refractivity contribution in [3.05, 3.63) is 35.9 Å². The van der Waals surface area contributed by atoms with Crippen LogP contribution in [0.15, 0.2) is 30.3 Å². The summed E-state index contributed by atoms with van der Waals surface area (Å²) in [6.45, 7) is 0.313. The summed E-state index contributed by atoms with van der Waals surface area (Å²) in [6, 6.07) is 6.42. The van der Waals surface area contributed by atoms with Crippen molar-refractivity contribution < 1.29 is 24.3 Å². The van der Waals surface area contributed by atoms with Gasteiger partial charge in [-0.2, -0.15) is 0 Å². The summed E-state index contributed by atoms with van der Waals surface area (Å²) in [5.74, 6) is -2.43. The Labute approximate surface area is 144 Å². The number of nitrogens with one attached hydrogen (secondary N) is 1. The summed E-state index contributed by atoms with van der Waals surface area (Å²) in [5, 5.41) is 14.3. The second-order valence-corrected chi connectivity index (χ2v) is 6.13. The zero-order chi connectivity index (χ0) is 18.0. The van der Waals surface area contributed by atoms with Crippen molar-refractivity contribution in [2.45, 2.75) is 37.8 Å². The monoisotopic (exact) mass is 345 g/mol. The van der Waals surface area contributed by atoms with Gasteiger partial charge >= 0.3 is 5.97 Å². The zero-order valence-electron chi connectivity index (χ0n) is 13.6. The average molecular weight is 345 g/mol. The topological polar surface area (TPSA) is 107 Å². The molecule has 2 N–H and O–H groups in total. The van der Waals surface area contributed by atoms with Crippen molar-refractivity contribution in [2.75, 3.05) is 6.54 Å². The van der Waals surface area contributed by atoms with E-state index in [-0.39, 0.29) is 25.2 Å². The Bertz CT molecular complexity index is 705. The molecule has 2 heterocycles. The number of carboxylic acid groups (broad SMARTS) is 1. The molecule has 2 fully saturated rings. The molecule has 25 heavy (non-hydrogen) atoms. The fourth-order valence-corrected chi connectivity index (χ4v) is 3.22. The lowest BCUT2D eigenvalue weighted by Crippen LogP contribution is -2.62. The normalized spacial score (nSPS) is 23.7. The van der Waals surface area contributed by atoms with E-state index in [9.17, 15) is 24.3 Å². The van der Waals surface area contributed by atoms with Crippen LogP contribution >= 0.6 is 0 Å². The molecule has 8 heteroatoms. The number of carboxylic acids is 1. The molecule has 132 valence electrons. The van der Waals surface area contributed by atoms with E-state index in [2.05, 4.69) is 5.32 Å². The maximum absolute atomic E-state index is 12.9.